The average molecular weight is 163 g/mol. The van der Waals surface area contributed by atoms with Crippen molar-refractivity contribution in [3.8, 4) is 0 Å². The van der Waals surface area contributed by atoms with Crippen LogP contribution in [-0.4, -0.2) is 11.3 Å². The molecule has 0 spiro atoms. The highest BCUT2D eigenvalue weighted by Crippen LogP contribution is 2.17. The number of pyridine rings is 1. The molecule has 0 N–H and O–H groups in total. The number of thiophene rings is 1. The number of fused-ring (bicyclic) bond motifs is 1. The third kappa shape index (κ3) is 1.03. The molecule has 2 rings (SSSR count). The highest BCUT2D eigenvalue weighted by molar-refractivity contribution is 7.16. The van der Waals surface area contributed by atoms with Gasteiger partial charge in [-0.1, -0.05) is 0 Å². The maximum absolute atomic E-state index is 10.3. The first kappa shape index (κ1) is 6.49. The van der Waals surface area contributed by atoms with Gasteiger partial charge in [0.2, 0.25) is 0 Å². The van der Waals surface area contributed by atoms with Crippen molar-refractivity contribution in [2.24, 2.45) is 0 Å². The molecule has 0 unspecified atom stereocenters. The molecule has 2 aromatic rings. The van der Waals surface area contributed by atoms with Crippen LogP contribution in [0.5, 0.6) is 0 Å². The van der Waals surface area contributed by atoms with E-state index in [-0.39, 0.29) is 0 Å². The van der Waals surface area contributed by atoms with Crippen molar-refractivity contribution in [1.82, 2.24) is 4.98 Å². The number of hydrogen-bond donors (Lipinski definition) is 0. The summed E-state index contributed by atoms with van der Waals surface area (Å²) < 4.78 is 0. The van der Waals surface area contributed by atoms with Gasteiger partial charge in [-0.2, -0.15) is 0 Å². The van der Waals surface area contributed by atoms with Crippen molar-refractivity contribution in [3.63, 3.8) is 0 Å². The van der Waals surface area contributed by atoms with Crippen molar-refractivity contribution < 1.29 is 4.79 Å². The minimum Gasteiger partial charge on any atom is -0.296 e. The zero-order valence-electron chi connectivity index (χ0n) is 5.65. The van der Waals surface area contributed by atoms with Crippen LogP contribution in [0, 0.1) is 0 Å². The van der Waals surface area contributed by atoms with E-state index >= 15 is 0 Å². The van der Waals surface area contributed by atoms with E-state index in [9.17, 15) is 4.79 Å². The number of carbonyl (C=O) groups is 1. The SMILES string of the molecule is O=Cc1ccc2ccsc2n1. The second kappa shape index (κ2) is 2.43. The van der Waals surface area contributed by atoms with Crippen molar-refractivity contribution in [1.29, 1.82) is 0 Å². The number of aldehydes is 1. The molecule has 54 valence electrons. The molecule has 0 amide bonds. The van der Waals surface area contributed by atoms with Gasteiger partial charge in [0.1, 0.15) is 10.5 Å². The van der Waals surface area contributed by atoms with E-state index in [0.29, 0.717) is 5.69 Å². The first-order chi connectivity index (χ1) is 5.40. The fraction of sp³-hybridized carbons (Fsp3) is 0. The normalized spacial score (nSPS) is 10.2. The molecule has 0 saturated carbocycles. The van der Waals surface area contributed by atoms with Crippen molar-refractivity contribution in [2.45, 2.75) is 0 Å². The van der Waals surface area contributed by atoms with Gasteiger partial charge >= 0.3 is 0 Å². The van der Waals surface area contributed by atoms with E-state index in [1.165, 1.54) is 0 Å². The summed E-state index contributed by atoms with van der Waals surface area (Å²) in [6, 6.07) is 5.62. The highest BCUT2D eigenvalue weighted by Gasteiger charge is 1.96. The number of aromatic nitrogens is 1. The Morgan fingerprint density at radius 3 is 3.09 bits per heavy atom. The second-order valence-electron chi connectivity index (χ2n) is 2.17. The van der Waals surface area contributed by atoms with Crippen LogP contribution in [0.2, 0.25) is 0 Å². The Balaban J connectivity index is 2.76. The maximum Gasteiger partial charge on any atom is 0.168 e. The van der Waals surface area contributed by atoms with Crippen molar-refractivity contribution in [2.75, 3.05) is 0 Å². The summed E-state index contributed by atoms with van der Waals surface area (Å²) in [4.78, 5) is 15.3. The Hall–Kier alpha value is -1.22. The Bertz CT molecular complexity index is 394. The van der Waals surface area contributed by atoms with Gasteiger partial charge < -0.3 is 0 Å². The lowest BCUT2D eigenvalue weighted by atomic mass is 10.3. The smallest absolute Gasteiger partial charge is 0.168 e. The molecule has 2 nitrogen and oxygen atoms in total. The lowest BCUT2D eigenvalue weighted by molar-refractivity contribution is 0.111. The minimum absolute atomic E-state index is 0.500. The molecule has 11 heavy (non-hydrogen) atoms. The van der Waals surface area contributed by atoms with E-state index in [0.717, 1.165) is 16.5 Å². The lowest BCUT2D eigenvalue weighted by Crippen LogP contribution is -1.82. The molecule has 0 aromatic carbocycles. The Morgan fingerprint density at radius 2 is 2.27 bits per heavy atom. The summed E-state index contributed by atoms with van der Waals surface area (Å²) in [5.41, 5.74) is 0.500. The molecule has 2 heterocycles. The summed E-state index contributed by atoms with van der Waals surface area (Å²) in [6.45, 7) is 0. The number of rotatable bonds is 1. The Kier molecular flexibility index (Phi) is 1.43. The van der Waals surface area contributed by atoms with Gasteiger partial charge in [-0.25, -0.2) is 4.98 Å². The molecule has 0 aliphatic heterocycles. The predicted molar refractivity (Wildman–Crippen MR) is 45.0 cm³/mol. The van der Waals surface area contributed by atoms with Crippen LogP contribution in [0.3, 0.4) is 0 Å². The van der Waals surface area contributed by atoms with Crippen LogP contribution in [0.1, 0.15) is 10.5 Å². The van der Waals surface area contributed by atoms with E-state index < -0.39 is 0 Å². The van der Waals surface area contributed by atoms with Gasteiger partial charge in [-0.15, -0.1) is 11.3 Å². The van der Waals surface area contributed by atoms with Gasteiger partial charge in [-0.05, 0) is 23.6 Å². The molecular weight excluding hydrogens is 158 g/mol. The summed E-state index contributed by atoms with van der Waals surface area (Å²) in [5, 5.41) is 3.06. The third-order valence-electron chi connectivity index (χ3n) is 1.46. The van der Waals surface area contributed by atoms with Gasteiger partial charge in [0.05, 0.1) is 0 Å². The van der Waals surface area contributed by atoms with Gasteiger partial charge in [-0.3, -0.25) is 4.79 Å². The fourth-order valence-electron chi connectivity index (χ4n) is 0.924. The standard InChI is InChI=1S/C8H5NOS/c10-5-7-2-1-6-3-4-11-8(6)9-7/h1-5H. The van der Waals surface area contributed by atoms with Crippen LogP contribution in [0.25, 0.3) is 10.2 Å². The van der Waals surface area contributed by atoms with E-state index in [1.54, 1.807) is 17.4 Å². The number of carbonyl (C=O) groups excluding carboxylic acids is 1. The summed E-state index contributed by atoms with van der Waals surface area (Å²) in [6.07, 6.45) is 0.763. The molecular formula is C8H5NOS. The summed E-state index contributed by atoms with van der Waals surface area (Å²) in [7, 11) is 0. The van der Waals surface area contributed by atoms with Crippen molar-refractivity contribution in [3.05, 3.63) is 29.3 Å². The van der Waals surface area contributed by atoms with Crippen LogP contribution >= 0.6 is 11.3 Å². The third-order valence-corrected chi connectivity index (χ3v) is 2.28. The lowest BCUT2D eigenvalue weighted by Gasteiger charge is -1.88. The molecule has 0 bridgehead atoms. The fourth-order valence-corrected chi connectivity index (χ4v) is 1.70. The molecule has 2 aromatic heterocycles. The number of nitrogens with zero attached hydrogens (tertiary/aromatic N) is 1. The first-order valence-corrected chi connectivity index (χ1v) is 4.07. The van der Waals surface area contributed by atoms with E-state index in [4.69, 9.17) is 0 Å². The predicted octanol–water partition coefficient (Wildman–Crippen LogP) is 2.11. The molecule has 0 aliphatic rings. The molecule has 0 fully saturated rings. The minimum atomic E-state index is 0.500. The zero-order chi connectivity index (χ0) is 7.68. The highest BCUT2D eigenvalue weighted by atomic mass is 32.1. The van der Waals surface area contributed by atoms with Gasteiger partial charge in [0.15, 0.2) is 6.29 Å². The van der Waals surface area contributed by atoms with Crippen molar-refractivity contribution >= 4 is 27.8 Å². The van der Waals surface area contributed by atoms with Crippen LogP contribution < -0.4 is 0 Å². The number of hydrogen-bond acceptors (Lipinski definition) is 3. The van der Waals surface area contributed by atoms with Crippen LogP contribution in [0.4, 0.5) is 0 Å². The zero-order valence-corrected chi connectivity index (χ0v) is 6.47. The molecule has 0 radical (unpaired) electrons. The summed E-state index contributed by atoms with van der Waals surface area (Å²) >= 11 is 1.55. The van der Waals surface area contributed by atoms with E-state index in [1.807, 2.05) is 17.5 Å². The quantitative estimate of drug-likeness (QED) is 0.602. The molecule has 3 heteroatoms. The summed E-state index contributed by atoms with van der Waals surface area (Å²) in [5.74, 6) is 0. The van der Waals surface area contributed by atoms with Crippen LogP contribution in [-0.2, 0) is 0 Å². The monoisotopic (exact) mass is 163 g/mol. The van der Waals surface area contributed by atoms with Gasteiger partial charge in [0, 0.05) is 5.39 Å². The van der Waals surface area contributed by atoms with E-state index in [2.05, 4.69) is 4.98 Å². The van der Waals surface area contributed by atoms with Gasteiger partial charge in [0.25, 0.3) is 0 Å². The molecule has 0 aliphatic carbocycles. The second-order valence-corrected chi connectivity index (χ2v) is 3.06. The molecule has 0 saturated heterocycles. The average Bonchev–Trinajstić information content (AvgIpc) is 2.50. The topological polar surface area (TPSA) is 30.0 Å². The Morgan fingerprint density at radius 1 is 1.36 bits per heavy atom. The Labute approximate surface area is 67.5 Å². The maximum atomic E-state index is 10.3. The molecule has 0 atom stereocenters. The first-order valence-electron chi connectivity index (χ1n) is 3.19. The van der Waals surface area contributed by atoms with Crippen LogP contribution in [0.15, 0.2) is 23.6 Å². The largest absolute Gasteiger partial charge is 0.296 e.